The second kappa shape index (κ2) is 5.31. The molecule has 1 saturated carbocycles. The van der Waals surface area contributed by atoms with Gasteiger partial charge in [-0.3, -0.25) is 0 Å². The maximum atomic E-state index is 12.1. The Morgan fingerprint density at radius 2 is 1.78 bits per heavy atom. The van der Waals surface area contributed by atoms with E-state index in [1.54, 1.807) is 24.3 Å². The van der Waals surface area contributed by atoms with Crippen molar-refractivity contribution >= 4 is 26.0 Å². The standard InChI is InChI=1S/C13H18BrNO2S/c1-13(8-2-3-9-13)10-15-18(16,17)12-6-4-11(14)5-7-12/h4-7,15H,2-3,8-10H2,1H3. The molecule has 2 rings (SSSR count). The lowest BCUT2D eigenvalue weighted by Crippen LogP contribution is -2.34. The lowest BCUT2D eigenvalue weighted by Gasteiger charge is -2.23. The third kappa shape index (κ3) is 3.33. The number of sulfonamides is 1. The van der Waals surface area contributed by atoms with E-state index in [0.29, 0.717) is 11.4 Å². The molecule has 0 bridgehead atoms. The fourth-order valence-electron chi connectivity index (χ4n) is 2.37. The first-order chi connectivity index (χ1) is 8.41. The Balaban J connectivity index is 2.05. The van der Waals surface area contributed by atoms with E-state index >= 15 is 0 Å². The highest BCUT2D eigenvalue weighted by molar-refractivity contribution is 9.10. The summed E-state index contributed by atoms with van der Waals surface area (Å²) < 4.78 is 27.8. The van der Waals surface area contributed by atoms with E-state index < -0.39 is 10.0 Å². The lowest BCUT2D eigenvalue weighted by atomic mass is 9.89. The van der Waals surface area contributed by atoms with Gasteiger partial charge in [-0.15, -0.1) is 0 Å². The van der Waals surface area contributed by atoms with Crippen molar-refractivity contribution in [1.29, 1.82) is 0 Å². The summed E-state index contributed by atoms with van der Waals surface area (Å²) in [6, 6.07) is 6.71. The first kappa shape index (κ1) is 14.0. The molecule has 1 aliphatic carbocycles. The molecule has 5 heteroatoms. The van der Waals surface area contributed by atoms with Crippen molar-refractivity contribution < 1.29 is 8.42 Å². The molecule has 1 N–H and O–H groups in total. The Morgan fingerprint density at radius 3 is 2.33 bits per heavy atom. The van der Waals surface area contributed by atoms with Crippen molar-refractivity contribution in [2.24, 2.45) is 5.41 Å². The van der Waals surface area contributed by atoms with Gasteiger partial charge in [-0.1, -0.05) is 35.7 Å². The molecule has 0 atom stereocenters. The van der Waals surface area contributed by atoms with Crippen molar-refractivity contribution in [2.75, 3.05) is 6.54 Å². The van der Waals surface area contributed by atoms with Gasteiger partial charge in [0.05, 0.1) is 4.90 Å². The van der Waals surface area contributed by atoms with Crippen LogP contribution in [0.1, 0.15) is 32.6 Å². The summed E-state index contributed by atoms with van der Waals surface area (Å²) in [5, 5.41) is 0. The van der Waals surface area contributed by atoms with E-state index in [1.165, 1.54) is 12.8 Å². The second-order valence-corrected chi connectivity index (χ2v) is 7.98. The van der Waals surface area contributed by atoms with Crippen molar-refractivity contribution in [1.82, 2.24) is 4.72 Å². The second-order valence-electron chi connectivity index (χ2n) is 5.30. The largest absolute Gasteiger partial charge is 0.240 e. The number of hydrogen-bond acceptors (Lipinski definition) is 2. The van der Waals surface area contributed by atoms with E-state index in [9.17, 15) is 8.42 Å². The van der Waals surface area contributed by atoms with Gasteiger partial charge < -0.3 is 0 Å². The molecule has 1 aromatic carbocycles. The highest BCUT2D eigenvalue weighted by Gasteiger charge is 2.30. The first-order valence-electron chi connectivity index (χ1n) is 6.17. The number of rotatable bonds is 4. The molecule has 1 fully saturated rings. The number of nitrogens with one attached hydrogen (secondary N) is 1. The zero-order chi connectivity index (χ0) is 13.2. The van der Waals surface area contributed by atoms with Crippen molar-refractivity contribution in [3.8, 4) is 0 Å². The fourth-order valence-corrected chi connectivity index (χ4v) is 3.84. The van der Waals surface area contributed by atoms with Crippen LogP contribution >= 0.6 is 15.9 Å². The lowest BCUT2D eigenvalue weighted by molar-refractivity contribution is 0.336. The molecule has 0 radical (unpaired) electrons. The Hall–Kier alpha value is -0.390. The van der Waals surface area contributed by atoms with Gasteiger partial charge in [-0.05, 0) is 42.5 Å². The van der Waals surface area contributed by atoms with Crippen molar-refractivity contribution in [3.05, 3.63) is 28.7 Å². The van der Waals surface area contributed by atoms with Crippen LogP contribution in [0.25, 0.3) is 0 Å². The molecule has 0 saturated heterocycles. The molecule has 0 aromatic heterocycles. The molecule has 0 unspecified atom stereocenters. The summed E-state index contributed by atoms with van der Waals surface area (Å²) in [6.07, 6.45) is 4.62. The monoisotopic (exact) mass is 331 g/mol. The molecule has 3 nitrogen and oxygen atoms in total. The Labute approximate surface area is 117 Å². The zero-order valence-corrected chi connectivity index (χ0v) is 12.9. The molecule has 0 aliphatic heterocycles. The Morgan fingerprint density at radius 1 is 1.22 bits per heavy atom. The molecule has 1 aliphatic rings. The van der Waals surface area contributed by atoms with Gasteiger partial charge in [0.2, 0.25) is 10.0 Å². The average Bonchev–Trinajstić information content (AvgIpc) is 2.75. The number of hydrogen-bond donors (Lipinski definition) is 1. The van der Waals surface area contributed by atoms with Crippen LogP contribution in [0, 0.1) is 5.41 Å². The van der Waals surface area contributed by atoms with E-state index in [0.717, 1.165) is 17.3 Å². The summed E-state index contributed by atoms with van der Waals surface area (Å²) in [4.78, 5) is 0.326. The molecular formula is C13H18BrNO2S. The van der Waals surface area contributed by atoms with Crippen LogP contribution < -0.4 is 4.72 Å². The minimum atomic E-state index is -3.37. The number of benzene rings is 1. The van der Waals surface area contributed by atoms with Crippen molar-refractivity contribution in [2.45, 2.75) is 37.5 Å². The summed E-state index contributed by atoms with van der Waals surface area (Å²) in [5.74, 6) is 0. The predicted octanol–water partition coefficient (Wildman–Crippen LogP) is 3.31. The molecule has 100 valence electrons. The van der Waals surface area contributed by atoms with Gasteiger partial charge in [-0.25, -0.2) is 13.1 Å². The Bertz CT molecular complexity index is 504. The van der Waals surface area contributed by atoms with Crippen LogP contribution in [0.2, 0.25) is 0 Å². The van der Waals surface area contributed by atoms with Gasteiger partial charge in [0.25, 0.3) is 0 Å². The van der Waals surface area contributed by atoms with E-state index in [-0.39, 0.29) is 5.41 Å². The normalized spacial score (nSPS) is 19.0. The van der Waals surface area contributed by atoms with Crippen LogP contribution in [-0.2, 0) is 10.0 Å². The summed E-state index contributed by atoms with van der Waals surface area (Å²) >= 11 is 3.30. The smallest absolute Gasteiger partial charge is 0.211 e. The van der Waals surface area contributed by atoms with Gasteiger partial charge in [0.1, 0.15) is 0 Å². The molecule has 18 heavy (non-hydrogen) atoms. The van der Waals surface area contributed by atoms with Crippen LogP contribution in [0.15, 0.2) is 33.6 Å². The van der Waals surface area contributed by atoms with Crippen LogP contribution in [0.3, 0.4) is 0 Å². The quantitative estimate of drug-likeness (QED) is 0.919. The number of halogens is 1. The van der Waals surface area contributed by atoms with Crippen molar-refractivity contribution in [3.63, 3.8) is 0 Å². The molecule has 0 amide bonds. The third-order valence-electron chi connectivity index (χ3n) is 3.62. The topological polar surface area (TPSA) is 46.2 Å². The van der Waals surface area contributed by atoms with Gasteiger partial charge >= 0.3 is 0 Å². The van der Waals surface area contributed by atoms with Gasteiger partial charge in [0, 0.05) is 11.0 Å². The predicted molar refractivity (Wildman–Crippen MR) is 75.9 cm³/mol. The highest BCUT2D eigenvalue weighted by atomic mass is 79.9. The van der Waals surface area contributed by atoms with Crippen LogP contribution in [0.4, 0.5) is 0 Å². The van der Waals surface area contributed by atoms with Crippen LogP contribution in [0.5, 0.6) is 0 Å². The third-order valence-corrected chi connectivity index (χ3v) is 5.57. The molecule has 1 aromatic rings. The summed E-state index contributed by atoms with van der Waals surface area (Å²) in [6.45, 7) is 2.69. The Kier molecular flexibility index (Phi) is 4.14. The molecular weight excluding hydrogens is 314 g/mol. The maximum Gasteiger partial charge on any atom is 0.240 e. The molecule has 0 spiro atoms. The van der Waals surface area contributed by atoms with E-state index in [4.69, 9.17) is 0 Å². The highest BCUT2D eigenvalue weighted by Crippen LogP contribution is 2.36. The minimum absolute atomic E-state index is 0.127. The first-order valence-corrected chi connectivity index (χ1v) is 8.44. The SMILES string of the molecule is CC1(CNS(=O)(=O)c2ccc(Br)cc2)CCCC1. The summed E-state index contributed by atoms with van der Waals surface area (Å²) in [7, 11) is -3.37. The van der Waals surface area contributed by atoms with Crippen LogP contribution in [-0.4, -0.2) is 15.0 Å². The fraction of sp³-hybridized carbons (Fsp3) is 0.538. The van der Waals surface area contributed by atoms with E-state index in [2.05, 4.69) is 27.6 Å². The van der Waals surface area contributed by atoms with Gasteiger partial charge in [-0.2, -0.15) is 0 Å². The summed E-state index contributed by atoms with van der Waals surface area (Å²) in [5.41, 5.74) is 0.127. The maximum absolute atomic E-state index is 12.1. The van der Waals surface area contributed by atoms with Gasteiger partial charge in [0.15, 0.2) is 0 Å². The minimum Gasteiger partial charge on any atom is -0.211 e. The molecule has 0 heterocycles. The van der Waals surface area contributed by atoms with E-state index in [1.807, 2.05) is 0 Å². The zero-order valence-electron chi connectivity index (χ0n) is 10.4. The average molecular weight is 332 g/mol.